The van der Waals surface area contributed by atoms with E-state index >= 15 is 0 Å². The number of fused-ring (bicyclic) bond motifs is 1. The van der Waals surface area contributed by atoms with Gasteiger partial charge in [-0.1, -0.05) is 18.2 Å². The number of para-hydroxylation sites is 1. The first-order valence-electron chi connectivity index (χ1n) is 10.3. The van der Waals surface area contributed by atoms with Crippen molar-refractivity contribution in [3.05, 3.63) is 80.6 Å². The van der Waals surface area contributed by atoms with Crippen LogP contribution < -0.4 is 5.63 Å². The van der Waals surface area contributed by atoms with Crippen LogP contribution in [0.25, 0.3) is 11.0 Å². The van der Waals surface area contributed by atoms with E-state index in [1.54, 1.807) is 34.4 Å². The van der Waals surface area contributed by atoms with Crippen LogP contribution in [0.4, 0.5) is 0 Å². The Kier molecular flexibility index (Phi) is 5.15. The van der Waals surface area contributed by atoms with Gasteiger partial charge in [0.05, 0.1) is 17.2 Å². The van der Waals surface area contributed by atoms with Crippen molar-refractivity contribution in [2.75, 3.05) is 13.1 Å². The third kappa shape index (κ3) is 3.90. The molecule has 158 valence electrons. The number of imidazole rings is 1. The lowest BCUT2D eigenvalue weighted by Crippen LogP contribution is -2.40. The van der Waals surface area contributed by atoms with Gasteiger partial charge in [0, 0.05) is 42.2 Å². The topological polar surface area (TPSA) is 81.2 Å². The van der Waals surface area contributed by atoms with Crippen molar-refractivity contribution in [2.24, 2.45) is 0 Å². The summed E-state index contributed by atoms with van der Waals surface area (Å²) in [6.07, 6.45) is 5.42. The number of piperidine rings is 1. The molecule has 0 unspecified atom stereocenters. The SMILES string of the molecule is Cc1nc(Cn2ccnc2C2CCN(C(=O)c3cc4ccccc4oc3=O)CC2)cs1. The first kappa shape index (κ1) is 19.7. The quantitative estimate of drug-likeness (QED) is 0.456. The lowest BCUT2D eigenvalue weighted by molar-refractivity contribution is 0.0706. The van der Waals surface area contributed by atoms with Crippen LogP contribution in [0, 0.1) is 6.92 Å². The average molecular weight is 435 g/mol. The standard InChI is InChI=1S/C23H22N4O3S/c1-15-25-18(14-31-15)13-27-11-8-24-21(27)16-6-9-26(10-7-16)22(28)19-12-17-4-2-3-5-20(17)30-23(19)29/h2-5,8,11-12,14,16H,6-7,9-10,13H2,1H3. The number of rotatable bonds is 4. The Labute approximate surface area is 183 Å². The largest absolute Gasteiger partial charge is 0.422 e. The van der Waals surface area contributed by atoms with Crippen LogP contribution in [-0.2, 0) is 6.54 Å². The van der Waals surface area contributed by atoms with E-state index in [0.29, 0.717) is 25.2 Å². The van der Waals surface area contributed by atoms with Crippen molar-refractivity contribution in [1.29, 1.82) is 0 Å². The number of hydrogen-bond donors (Lipinski definition) is 0. The molecule has 5 rings (SSSR count). The zero-order valence-corrected chi connectivity index (χ0v) is 18.0. The molecule has 4 heterocycles. The maximum absolute atomic E-state index is 13.0. The molecule has 3 aromatic heterocycles. The van der Waals surface area contributed by atoms with Crippen LogP contribution in [0.1, 0.15) is 45.6 Å². The van der Waals surface area contributed by atoms with E-state index < -0.39 is 5.63 Å². The van der Waals surface area contributed by atoms with Gasteiger partial charge < -0.3 is 13.9 Å². The summed E-state index contributed by atoms with van der Waals surface area (Å²) in [7, 11) is 0. The summed E-state index contributed by atoms with van der Waals surface area (Å²) >= 11 is 1.65. The summed E-state index contributed by atoms with van der Waals surface area (Å²) < 4.78 is 7.48. The Balaban J connectivity index is 1.29. The number of carbonyl (C=O) groups is 1. The number of carbonyl (C=O) groups excluding carboxylic acids is 1. The van der Waals surface area contributed by atoms with Crippen molar-refractivity contribution >= 4 is 28.2 Å². The van der Waals surface area contributed by atoms with E-state index in [-0.39, 0.29) is 17.4 Å². The van der Waals surface area contributed by atoms with E-state index in [4.69, 9.17) is 4.42 Å². The molecular formula is C23H22N4O3S. The number of aromatic nitrogens is 3. The molecule has 0 atom stereocenters. The highest BCUT2D eigenvalue weighted by atomic mass is 32.1. The fraction of sp³-hybridized carbons (Fsp3) is 0.304. The van der Waals surface area contributed by atoms with E-state index in [2.05, 4.69) is 19.9 Å². The van der Waals surface area contributed by atoms with Crippen molar-refractivity contribution in [2.45, 2.75) is 32.2 Å². The molecular weight excluding hydrogens is 412 g/mol. The van der Waals surface area contributed by atoms with E-state index in [9.17, 15) is 9.59 Å². The van der Waals surface area contributed by atoms with Crippen LogP contribution in [0.2, 0.25) is 0 Å². The minimum absolute atomic E-state index is 0.0950. The van der Waals surface area contributed by atoms with Crippen molar-refractivity contribution in [3.63, 3.8) is 0 Å². The summed E-state index contributed by atoms with van der Waals surface area (Å²) in [6, 6.07) is 8.86. The minimum Gasteiger partial charge on any atom is -0.422 e. The second-order valence-electron chi connectivity index (χ2n) is 7.82. The summed E-state index contributed by atoms with van der Waals surface area (Å²) in [4.78, 5) is 36.2. The molecule has 0 bridgehead atoms. The molecule has 1 aliphatic heterocycles. The minimum atomic E-state index is -0.583. The van der Waals surface area contributed by atoms with Gasteiger partial charge in [0.25, 0.3) is 5.91 Å². The van der Waals surface area contributed by atoms with Gasteiger partial charge in [-0.15, -0.1) is 11.3 Å². The van der Waals surface area contributed by atoms with Crippen LogP contribution >= 0.6 is 11.3 Å². The first-order chi connectivity index (χ1) is 15.1. The molecule has 4 aromatic rings. The predicted molar refractivity (Wildman–Crippen MR) is 119 cm³/mol. The zero-order valence-electron chi connectivity index (χ0n) is 17.2. The van der Waals surface area contributed by atoms with Gasteiger partial charge in [-0.2, -0.15) is 0 Å². The molecule has 7 nitrogen and oxygen atoms in total. The van der Waals surface area contributed by atoms with Crippen molar-refractivity contribution in [1.82, 2.24) is 19.4 Å². The number of likely N-dealkylation sites (tertiary alicyclic amines) is 1. The number of benzene rings is 1. The van der Waals surface area contributed by atoms with E-state index in [1.165, 1.54) is 0 Å². The summed E-state index contributed by atoms with van der Waals surface area (Å²) in [5.74, 6) is 1.04. The van der Waals surface area contributed by atoms with Gasteiger partial charge in [0.2, 0.25) is 0 Å². The number of hydrogen-bond acceptors (Lipinski definition) is 6. The lowest BCUT2D eigenvalue weighted by atomic mass is 9.95. The molecule has 0 saturated carbocycles. The normalized spacial score (nSPS) is 14.9. The van der Waals surface area contributed by atoms with Crippen LogP contribution in [0.3, 0.4) is 0 Å². The molecule has 1 amide bonds. The third-order valence-electron chi connectivity index (χ3n) is 5.77. The van der Waals surface area contributed by atoms with Gasteiger partial charge in [-0.3, -0.25) is 4.79 Å². The molecule has 0 N–H and O–H groups in total. The Bertz CT molecular complexity index is 1300. The van der Waals surface area contributed by atoms with Crippen LogP contribution in [0.5, 0.6) is 0 Å². The number of thiazole rings is 1. The molecule has 1 fully saturated rings. The third-order valence-corrected chi connectivity index (χ3v) is 6.59. The smallest absolute Gasteiger partial charge is 0.349 e. The summed E-state index contributed by atoms with van der Waals surface area (Å²) in [5.41, 5.74) is 1.04. The molecule has 31 heavy (non-hydrogen) atoms. The predicted octanol–water partition coefficient (Wildman–Crippen LogP) is 3.82. The fourth-order valence-electron chi connectivity index (χ4n) is 4.19. The van der Waals surface area contributed by atoms with Gasteiger partial charge >= 0.3 is 5.63 Å². The second kappa shape index (κ2) is 8.11. The lowest BCUT2D eigenvalue weighted by Gasteiger charge is -2.31. The first-order valence-corrected chi connectivity index (χ1v) is 11.2. The van der Waals surface area contributed by atoms with Gasteiger partial charge in [0.1, 0.15) is 17.0 Å². The molecule has 0 spiro atoms. The Hall–Kier alpha value is -3.26. The van der Waals surface area contributed by atoms with Gasteiger partial charge in [-0.05, 0) is 31.9 Å². The molecule has 0 aliphatic carbocycles. The van der Waals surface area contributed by atoms with Gasteiger partial charge in [-0.25, -0.2) is 14.8 Å². The highest BCUT2D eigenvalue weighted by molar-refractivity contribution is 7.09. The Morgan fingerprint density at radius 1 is 1.26 bits per heavy atom. The second-order valence-corrected chi connectivity index (χ2v) is 8.89. The number of aryl methyl sites for hydroxylation is 1. The van der Waals surface area contributed by atoms with Crippen molar-refractivity contribution < 1.29 is 9.21 Å². The van der Waals surface area contributed by atoms with Crippen molar-refractivity contribution in [3.8, 4) is 0 Å². The monoisotopic (exact) mass is 434 g/mol. The molecule has 0 radical (unpaired) electrons. The molecule has 1 aromatic carbocycles. The zero-order chi connectivity index (χ0) is 21.4. The van der Waals surface area contributed by atoms with E-state index in [1.807, 2.05) is 31.5 Å². The fourth-order valence-corrected chi connectivity index (χ4v) is 4.80. The maximum atomic E-state index is 13.0. The van der Waals surface area contributed by atoms with E-state index in [0.717, 1.165) is 34.8 Å². The summed E-state index contributed by atoms with van der Waals surface area (Å²) in [5, 5.41) is 3.89. The number of nitrogens with zero attached hydrogens (tertiary/aromatic N) is 4. The molecule has 8 heteroatoms. The highest BCUT2D eigenvalue weighted by Gasteiger charge is 2.28. The molecule has 1 aliphatic rings. The van der Waals surface area contributed by atoms with Crippen LogP contribution in [0.15, 0.2) is 57.3 Å². The molecule has 1 saturated heterocycles. The maximum Gasteiger partial charge on any atom is 0.349 e. The average Bonchev–Trinajstić information content (AvgIpc) is 3.42. The number of amides is 1. The Morgan fingerprint density at radius 2 is 2.06 bits per heavy atom. The van der Waals surface area contributed by atoms with Gasteiger partial charge in [0.15, 0.2) is 0 Å². The van der Waals surface area contributed by atoms with Crippen LogP contribution in [-0.4, -0.2) is 38.4 Å². The summed E-state index contributed by atoms with van der Waals surface area (Å²) in [6.45, 7) is 3.87. The highest BCUT2D eigenvalue weighted by Crippen LogP contribution is 2.28. The Morgan fingerprint density at radius 3 is 2.84 bits per heavy atom.